The number of aromatic nitrogens is 2. The first-order valence-corrected chi connectivity index (χ1v) is 12.7. The predicted molar refractivity (Wildman–Crippen MR) is 141 cm³/mol. The number of carbonyl (C=O) groups is 1. The quantitative estimate of drug-likeness (QED) is 0.272. The number of fused-ring (bicyclic) bond motifs is 2. The van der Waals surface area contributed by atoms with Crippen molar-refractivity contribution in [3.05, 3.63) is 69.0 Å². The topological polar surface area (TPSA) is 85.2 Å². The van der Waals surface area contributed by atoms with E-state index in [9.17, 15) is 9.59 Å². The SMILES string of the molecule is CCCCCNc1nc2ccccn2c(=O)c1/C=C1/SC(=S)N(Cc2ccc3c(c2)OCO3)C1=O. The van der Waals surface area contributed by atoms with E-state index in [1.54, 1.807) is 24.4 Å². The van der Waals surface area contributed by atoms with Crippen molar-refractivity contribution < 1.29 is 14.3 Å². The van der Waals surface area contributed by atoms with Crippen LogP contribution in [0.15, 0.2) is 52.3 Å². The van der Waals surface area contributed by atoms with Crippen LogP contribution in [0.25, 0.3) is 11.7 Å². The summed E-state index contributed by atoms with van der Waals surface area (Å²) in [4.78, 5) is 33.2. The number of pyridine rings is 1. The molecule has 2 aliphatic rings. The van der Waals surface area contributed by atoms with Gasteiger partial charge in [-0.25, -0.2) is 4.98 Å². The normalized spacial score (nSPS) is 16.0. The van der Waals surface area contributed by atoms with Gasteiger partial charge in [-0.2, -0.15) is 0 Å². The smallest absolute Gasteiger partial charge is 0.267 e. The third kappa shape index (κ3) is 4.76. The fourth-order valence-corrected chi connectivity index (χ4v) is 5.18. The largest absolute Gasteiger partial charge is 0.454 e. The maximum Gasteiger partial charge on any atom is 0.267 e. The van der Waals surface area contributed by atoms with E-state index in [-0.39, 0.29) is 18.3 Å². The number of nitrogens with zero attached hydrogens (tertiary/aromatic N) is 3. The van der Waals surface area contributed by atoms with Crippen molar-refractivity contribution >= 4 is 51.7 Å². The van der Waals surface area contributed by atoms with E-state index in [0.29, 0.717) is 50.8 Å². The Kier molecular flexibility index (Phi) is 6.74. The fraction of sp³-hybridized carbons (Fsp3) is 0.280. The van der Waals surface area contributed by atoms with Gasteiger partial charge in [0.05, 0.1) is 17.0 Å². The molecule has 0 atom stereocenters. The summed E-state index contributed by atoms with van der Waals surface area (Å²) in [5, 5.41) is 3.29. The molecule has 8 nitrogen and oxygen atoms in total. The van der Waals surface area contributed by atoms with Gasteiger partial charge in [-0.15, -0.1) is 0 Å². The van der Waals surface area contributed by atoms with Crippen LogP contribution in [0.1, 0.15) is 37.3 Å². The van der Waals surface area contributed by atoms with Crippen molar-refractivity contribution in [1.82, 2.24) is 14.3 Å². The molecule has 0 bridgehead atoms. The molecule has 35 heavy (non-hydrogen) atoms. The van der Waals surface area contributed by atoms with Crippen LogP contribution in [0.4, 0.5) is 5.82 Å². The van der Waals surface area contributed by atoms with Gasteiger partial charge in [-0.05, 0) is 42.3 Å². The average Bonchev–Trinajstić information content (AvgIpc) is 3.43. The number of nitrogens with one attached hydrogen (secondary N) is 1. The zero-order chi connectivity index (χ0) is 24.4. The number of anilines is 1. The van der Waals surface area contributed by atoms with Crippen LogP contribution in [0.5, 0.6) is 11.5 Å². The van der Waals surface area contributed by atoms with Crippen LogP contribution in [0.2, 0.25) is 0 Å². The second-order valence-electron chi connectivity index (χ2n) is 8.20. The standard InChI is InChI=1S/C25H24N4O4S2/c1-2-3-5-10-26-22-17(23(30)28-11-6-4-7-21(28)27-22)13-20-24(31)29(25(34)35-20)14-16-8-9-18-19(12-16)33-15-32-18/h4,6-9,11-13,26H,2-3,5,10,14-15H2,1H3/b20-13+. The molecule has 1 aromatic carbocycles. The second-order valence-corrected chi connectivity index (χ2v) is 9.87. The van der Waals surface area contributed by atoms with Gasteiger partial charge in [0, 0.05) is 12.7 Å². The van der Waals surface area contributed by atoms with Gasteiger partial charge in [0.25, 0.3) is 11.5 Å². The number of rotatable bonds is 8. The van der Waals surface area contributed by atoms with Crippen molar-refractivity contribution in [3.8, 4) is 11.5 Å². The predicted octanol–water partition coefficient (Wildman–Crippen LogP) is 4.43. The number of ether oxygens (including phenoxy) is 2. The molecule has 3 aromatic rings. The minimum atomic E-state index is -0.243. The first-order chi connectivity index (χ1) is 17.0. The molecule has 1 fully saturated rings. The molecule has 0 saturated carbocycles. The number of hydrogen-bond donors (Lipinski definition) is 1. The molecule has 10 heteroatoms. The average molecular weight is 509 g/mol. The molecule has 0 spiro atoms. The van der Waals surface area contributed by atoms with Crippen LogP contribution in [0, 0.1) is 0 Å². The van der Waals surface area contributed by atoms with Gasteiger partial charge in [0.15, 0.2) is 11.5 Å². The van der Waals surface area contributed by atoms with E-state index in [1.807, 2.05) is 24.3 Å². The summed E-state index contributed by atoms with van der Waals surface area (Å²) < 4.78 is 12.7. The summed E-state index contributed by atoms with van der Waals surface area (Å²) in [6.45, 7) is 3.31. The number of thioether (sulfide) groups is 1. The highest BCUT2D eigenvalue weighted by Gasteiger charge is 2.33. The lowest BCUT2D eigenvalue weighted by Gasteiger charge is -2.14. The molecular weight excluding hydrogens is 484 g/mol. The molecular formula is C25H24N4O4S2. The van der Waals surface area contributed by atoms with Gasteiger partial charge in [-0.3, -0.25) is 18.9 Å². The molecule has 4 heterocycles. The number of benzene rings is 1. The van der Waals surface area contributed by atoms with Gasteiger partial charge < -0.3 is 14.8 Å². The first-order valence-electron chi connectivity index (χ1n) is 11.4. The summed E-state index contributed by atoms with van der Waals surface area (Å²) >= 11 is 6.69. The number of hydrogen-bond acceptors (Lipinski definition) is 8. The highest BCUT2D eigenvalue weighted by molar-refractivity contribution is 8.26. The zero-order valence-electron chi connectivity index (χ0n) is 19.2. The molecule has 0 aliphatic carbocycles. The van der Waals surface area contributed by atoms with E-state index in [1.165, 1.54) is 21.1 Å². The molecule has 0 radical (unpaired) electrons. The molecule has 2 aliphatic heterocycles. The molecule has 2 aromatic heterocycles. The lowest BCUT2D eigenvalue weighted by atomic mass is 10.2. The van der Waals surface area contributed by atoms with Gasteiger partial charge in [0.2, 0.25) is 6.79 Å². The Morgan fingerprint density at radius 2 is 2.03 bits per heavy atom. The molecule has 0 unspecified atom stereocenters. The van der Waals surface area contributed by atoms with Crippen molar-refractivity contribution in [3.63, 3.8) is 0 Å². The molecule has 1 saturated heterocycles. The number of unbranched alkanes of at least 4 members (excludes halogenated alkanes) is 2. The van der Waals surface area contributed by atoms with E-state index in [4.69, 9.17) is 21.7 Å². The summed E-state index contributed by atoms with van der Waals surface area (Å²) in [5.41, 5.74) is 1.52. The molecule has 1 amide bonds. The minimum Gasteiger partial charge on any atom is -0.454 e. The van der Waals surface area contributed by atoms with Gasteiger partial charge in [-0.1, -0.05) is 55.9 Å². The van der Waals surface area contributed by atoms with E-state index in [2.05, 4.69) is 17.2 Å². The monoisotopic (exact) mass is 508 g/mol. The summed E-state index contributed by atoms with van der Waals surface area (Å²) in [7, 11) is 0. The van der Waals surface area contributed by atoms with Gasteiger partial charge in [0.1, 0.15) is 15.8 Å². The summed E-state index contributed by atoms with van der Waals surface area (Å²) in [6.07, 6.45) is 6.41. The Bertz CT molecular complexity index is 1400. The van der Waals surface area contributed by atoms with E-state index >= 15 is 0 Å². The number of amides is 1. The van der Waals surface area contributed by atoms with Crippen molar-refractivity contribution in [2.24, 2.45) is 0 Å². The van der Waals surface area contributed by atoms with E-state index in [0.717, 1.165) is 24.8 Å². The van der Waals surface area contributed by atoms with Crippen molar-refractivity contribution in [1.29, 1.82) is 0 Å². The number of thiocarbonyl (C=S) groups is 1. The Balaban J connectivity index is 1.45. The lowest BCUT2D eigenvalue weighted by Crippen LogP contribution is -2.27. The van der Waals surface area contributed by atoms with Crippen molar-refractivity contribution in [2.45, 2.75) is 32.7 Å². The maximum atomic E-state index is 13.3. The lowest BCUT2D eigenvalue weighted by molar-refractivity contribution is -0.122. The van der Waals surface area contributed by atoms with Crippen LogP contribution in [-0.2, 0) is 11.3 Å². The summed E-state index contributed by atoms with van der Waals surface area (Å²) in [6, 6.07) is 11.0. The fourth-order valence-electron chi connectivity index (χ4n) is 3.94. The molecule has 1 N–H and O–H groups in total. The van der Waals surface area contributed by atoms with Crippen molar-refractivity contribution in [2.75, 3.05) is 18.7 Å². The Hall–Kier alpha value is -3.37. The Labute approximate surface area is 211 Å². The van der Waals surface area contributed by atoms with Crippen LogP contribution < -0.4 is 20.3 Å². The van der Waals surface area contributed by atoms with Gasteiger partial charge >= 0.3 is 0 Å². The first kappa shape index (κ1) is 23.4. The third-order valence-electron chi connectivity index (χ3n) is 5.77. The van der Waals surface area contributed by atoms with Crippen LogP contribution in [-0.4, -0.2) is 37.8 Å². The Morgan fingerprint density at radius 1 is 1.17 bits per heavy atom. The van der Waals surface area contributed by atoms with E-state index < -0.39 is 0 Å². The molecule has 180 valence electrons. The summed E-state index contributed by atoms with van der Waals surface area (Å²) in [5.74, 6) is 1.56. The van der Waals surface area contributed by atoms with Crippen LogP contribution in [0.3, 0.4) is 0 Å². The maximum absolute atomic E-state index is 13.3. The highest BCUT2D eigenvalue weighted by atomic mass is 32.2. The molecule has 5 rings (SSSR count). The Morgan fingerprint density at radius 3 is 2.89 bits per heavy atom. The second kappa shape index (κ2) is 10.1. The van der Waals surface area contributed by atoms with Crippen LogP contribution >= 0.6 is 24.0 Å². The zero-order valence-corrected chi connectivity index (χ0v) is 20.8. The minimum absolute atomic E-state index is 0.187. The third-order valence-corrected chi connectivity index (χ3v) is 7.15. The highest BCUT2D eigenvalue weighted by Crippen LogP contribution is 2.36. The number of carbonyl (C=O) groups excluding carboxylic acids is 1.